The third kappa shape index (κ3) is 5.62. The van der Waals surface area contributed by atoms with E-state index in [0.717, 1.165) is 31.3 Å². The van der Waals surface area contributed by atoms with Gasteiger partial charge in [-0.25, -0.2) is 4.79 Å². The van der Waals surface area contributed by atoms with Crippen LogP contribution < -0.4 is 0 Å². The number of aliphatic hydroxyl groups is 3. The van der Waals surface area contributed by atoms with Crippen LogP contribution in [0.25, 0.3) is 0 Å². The minimum atomic E-state index is -0.763. The number of cyclic esters (lactones) is 1. The molecule has 3 N–H and O–H groups in total. The van der Waals surface area contributed by atoms with Gasteiger partial charge in [0, 0.05) is 24.0 Å². The van der Waals surface area contributed by atoms with Crippen LogP contribution >= 0.6 is 0 Å². The first-order chi connectivity index (χ1) is 18.1. The van der Waals surface area contributed by atoms with Gasteiger partial charge in [0.05, 0.1) is 12.2 Å². The van der Waals surface area contributed by atoms with Gasteiger partial charge in [0.1, 0.15) is 6.10 Å². The van der Waals surface area contributed by atoms with Gasteiger partial charge in [-0.2, -0.15) is 0 Å². The molecule has 3 aliphatic carbocycles. The van der Waals surface area contributed by atoms with E-state index in [1.807, 2.05) is 0 Å². The van der Waals surface area contributed by atoms with Crippen LogP contribution in [0.1, 0.15) is 91.4 Å². The standard InChI is InChI=1S/C33H50O5/c1-6-9-25-22(4)32(37)38-30(25)18-20(2)27-14-15-28-23(10-7-16-33(27,28)5)12-13-24-19-29(35)26(11-8-17-34)31(36)21(24)3/h12-13,20,25-31,34-36H,3-4,6-11,14-19H2,1-2,5H3/b23-12+,24-13-/t20-,25+,26+,27-,28+,29-,30+,31-,33-/m1/s1. The minimum Gasteiger partial charge on any atom is -0.458 e. The molecule has 0 aromatic carbocycles. The highest BCUT2D eigenvalue weighted by molar-refractivity contribution is 5.90. The first-order valence-corrected chi connectivity index (χ1v) is 15.1. The summed E-state index contributed by atoms with van der Waals surface area (Å²) in [5, 5.41) is 30.7. The number of ether oxygens (including phenoxy) is 1. The number of carbonyl (C=O) groups excluding carboxylic acids is 1. The summed E-state index contributed by atoms with van der Waals surface area (Å²) in [6.45, 7) is 15.3. The zero-order valence-electron chi connectivity index (χ0n) is 23.8. The van der Waals surface area contributed by atoms with Crippen molar-refractivity contribution >= 4 is 5.97 Å². The molecule has 0 unspecified atom stereocenters. The van der Waals surface area contributed by atoms with Gasteiger partial charge < -0.3 is 20.1 Å². The molecule has 0 aromatic heterocycles. The number of fused-ring (bicyclic) bond motifs is 1. The Morgan fingerprint density at radius 2 is 1.92 bits per heavy atom. The number of carbonyl (C=O) groups is 1. The second kappa shape index (κ2) is 12.2. The van der Waals surface area contributed by atoms with Crippen LogP contribution in [-0.4, -0.2) is 46.2 Å². The van der Waals surface area contributed by atoms with Gasteiger partial charge in [0.15, 0.2) is 0 Å². The van der Waals surface area contributed by atoms with Gasteiger partial charge in [0.25, 0.3) is 0 Å². The van der Waals surface area contributed by atoms with Gasteiger partial charge in [-0.1, -0.05) is 58.1 Å². The van der Waals surface area contributed by atoms with E-state index >= 15 is 0 Å². The van der Waals surface area contributed by atoms with E-state index in [0.29, 0.717) is 48.2 Å². The van der Waals surface area contributed by atoms with Crippen molar-refractivity contribution in [3.8, 4) is 0 Å². The lowest BCUT2D eigenvalue weighted by molar-refractivity contribution is -0.140. The monoisotopic (exact) mass is 526 g/mol. The van der Waals surface area contributed by atoms with Crippen LogP contribution in [0.2, 0.25) is 0 Å². The van der Waals surface area contributed by atoms with Gasteiger partial charge in [-0.3, -0.25) is 0 Å². The molecule has 38 heavy (non-hydrogen) atoms. The largest absolute Gasteiger partial charge is 0.458 e. The van der Waals surface area contributed by atoms with E-state index in [1.165, 1.54) is 31.3 Å². The molecule has 4 aliphatic rings. The molecule has 1 heterocycles. The highest BCUT2D eigenvalue weighted by atomic mass is 16.6. The number of esters is 1. The van der Waals surface area contributed by atoms with Crippen molar-refractivity contribution in [2.24, 2.45) is 35.0 Å². The van der Waals surface area contributed by atoms with Crippen LogP contribution in [0.15, 0.2) is 47.6 Å². The summed E-state index contributed by atoms with van der Waals surface area (Å²) < 4.78 is 5.80. The van der Waals surface area contributed by atoms with E-state index in [4.69, 9.17) is 9.84 Å². The molecule has 4 rings (SSSR count). The smallest absolute Gasteiger partial charge is 0.334 e. The van der Waals surface area contributed by atoms with Crippen molar-refractivity contribution in [3.05, 3.63) is 47.6 Å². The summed E-state index contributed by atoms with van der Waals surface area (Å²) in [7, 11) is 0. The molecule has 9 atom stereocenters. The van der Waals surface area contributed by atoms with Crippen LogP contribution in [0.5, 0.6) is 0 Å². The Bertz CT molecular complexity index is 962. The second-order valence-corrected chi connectivity index (χ2v) is 12.9. The highest BCUT2D eigenvalue weighted by Gasteiger charge is 2.51. The summed E-state index contributed by atoms with van der Waals surface area (Å²) >= 11 is 0. The molecule has 0 bridgehead atoms. The molecule has 0 aromatic rings. The predicted octanol–water partition coefficient (Wildman–Crippen LogP) is 6.05. The average Bonchev–Trinajstić information content (AvgIpc) is 3.37. The Labute approximate surface area is 229 Å². The van der Waals surface area contributed by atoms with E-state index in [1.54, 1.807) is 0 Å². The molecule has 1 aliphatic heterocycles. The Hall–Kier alpha value is -1.69. The predicted molar refractivity (Wildman–Crippen MR) is 151 cm³/mol. The van der Waals surface area contributed by atoms with Crippen molar-refractivity contribution in [3.63, 3.8) is 0 Å². The maximum Gasteiger partial charge on any atom is 0.334 e. The molecule has 0 amide bonds. The lowest BCUT2D eigenvalue weighted by atomic mass is 9.60. The summed E-state index contributed by atoms with van der Waals surface area (Å²) in [4.78, 5) is 12.3. The fourth-order valence-corrected chi connectivity index (χ4v) is 8.53. The third-order valence-corrected chi connectivity index (χ3v) is 10.6. The molecular formula is C33H50O5. The molecule has 4 fully saturated rings. The first kappa shape index (κ1) is 29.3. The first-order valence-electron chi connectivity index (χ1n) is 15.1. The number of hydrogen-bond acceptors (Lipinski definition) is 5. The van der Waals surface area contributed by atoms with Crippen LogP contribution in [0.3, 0.4) is 0 Å². The van der Waals surface area contributed by atoms with Crippen molar-refractivity contribution in [2.45, 2.75) is 110 Å². The topological polar surface area (TPSA) is 87.0 Å². The molecule has 5 nitrogen and oxygen atoms in total. The maximum absolute atomic E-state index is 12.3. The Morgan fingerprint density at radius 3 is 2.63 bits per heavy atom. The number of hydrogen-bond donors (Lipinski definition) is 3. The van der Waals surface area contributed by atoms with Gasteiger partial charge in [-0.05, 0) is 98.5 Å². The summed E-state index contributed by atoms with van der Waals surface area (Å²) in [6, 6.07) is 0. The van der Waals surface area contributed by atoms with Crippen LogP contribution in [0.4, 0.5) is 0 Å². The van der Waals surface area contributed by atoms with Crippen molar-refractivity contribution < 1.29 is 24.9 Å². The number of allylic oxidation sites excluding steroid dienone is 3. The van der Waals surface area contributed by atoms with Crippen LogP contribution in [-0.2, 0) is 9.53 Å². The number of aliphatic hydroxyl groups excluding tert-OH is 3. The van der Waals surface area contributed by atoms with E-state index < -0.39 is 12.2 Å². The highest BCUT2D eigenvalue weighted by Crippen LogP contribution is 2.60. The molecule has 212 valence electrons. The molecule has 1 saturated heterocycles. The summed E-state index contributed by atoms with van der Waals surface area (Å²) in [5.41, 5.74) is 4.04. The molecule has 0 radical (unpaired) electrons. The van der Waals surface area contributed by atoms with Crippen molar-refractivity contribution in [1.29, 1.82) is 0 Å². The maximum atomic E-state index is 12.3. The normalized spacial score (nSPS) is 40.6. The minimum absolute atomic E-state index is 0.0349. The zero-order chi connectivity index (χ0) is 27.6. The zero-order valence-corrected chi connectivity index (χ0v) is 23.8. The van der Waals surface area contributed by atoms with Gasteiger partial charge in [0.2, 0.25) is 0 Å². The lowest BCUT2D eigenvalue weighted by Crippen LogP contribution is -2.38. The van der Waals surface area contributed by atoms with Gasteiger partial charge in [-0.15, -0.1) is 0 Å². The molecule has 0 spiro atoms. The second-order valence-electron chi connectivity index (χ2n) is 12.9. The SMILES string of the molecule is C=C1/C(=C\C=C2/CCC[C@]3(C)[C@@H]([C@H](C)C[C@@H]4OC(=O)C(=C)[C@@H]4CCC)CC[C@@H]23)C[C@@H](O)[C@H](CCCO)[C@@H]1O. The van der Waals surface area contributed by atoms with Gasteiger partial charge >= 0.3 is 5.97 Å². The lowest BCUT2D eigenvalue weighted by Gasteiger charge is -2.45. The Kier molecular flexibility index (Phi) is 9.43. The third-order valence-electron chi connectivity index (χ3n) is 10.6. The molecule has 5 heteroatoms. The van der Waals surface area contributed by atoms with E-state index in [9.17, 15) is 15.0 Å². The van der Waals surface area contributed by atoms with E-state index in [2.05, 4.69) is 46.1 Å². The summed E-state index contributed by atoms with van der Waals surface area (Å²) in [6.07, 6.45) is 13.4. The fraction of sp³-hybridized carbons (Fsp3) is 0.727. The molecule has 3 saturated carbocycles. The van der Waals surface area contributed by atoms with Crippen molar-refractivity contribution in [2.75, 3.05) is 6.61 Å². The average molecular weight is 527 g/mol. The summed E-state index contributed by atoms with van der Waals surface area (Å²) in [5.74, 6) is 1.31. The Balaban J connectivity index is 1.46. The quantitative estimate of drug-likeness (QED) is 0.251. The fourth-order valence-electron chi connectivity index (χ4n) is 8.53. The number of rotatable bonds is 9. The Morgan fingerprint density at radius 1 is 1.16 bits per heavy atom. The van der Waals surface area contributed by atoms with E-state index in [-0.39, 0.29) is 35.9 Å². The van der Waals surface area contributed by atoms with Crippen molar-refractivity contribution in [1.82, 2.24) is 0 Å². The molecular weight excluding hydrogens is 476 g/mol. The van der Waals surface area contributed by atoms with Crippen LogP contribution in [0, 0.1) is 35.0 Å².